The van der Waals surface area contributed by atoms with Crippen LogP contribution >= 0.6 is 0 Å². The van der Waals surface area contributed by atoms with E-state index >= 15 is 0 Å². The van der Waals surface area contributed by atoms with E-state index in [9.17, 15) is 13.6 Å². The Morgan fingerprint density at radius 3 is 2.33 bits per heavy atom. The van der Waals surface area contributed by atoms with Gasteiger partial charge < -0.3 is 15.8 Å². The largest absolute Gasteiger partial charge is 0.409 e. The molecule has 0 heterocycles. The summed E-state index contributed by atoms with van der Waals surface area (Å²) in [6, 6.07) is 5.80. The van der Waals surface area contributed by atoms with Crippen LogP contribution in [-0.2, 0) is 0 Å². The van der Waals surface area contributed by atoms with E-state index in [1.807, 2.05) is 0 Å². The number of hydrogen-bond donors (Lipinski definition) is 2. The molecular weight excluding hydrogens is 244 g/mol. The molecule has 1 amide bonds. The molecule has 0 saturated carbocycles. The first kappa shape index (κ1) is 13.9. The molecular formula is C11H13F2N3O2. The number of rotatable bonds is 4. The number of benzene rings is 1. The van der Waals surface area contributed by atoms with Crippen molar-refractivity contribution in [1.82, 2.24) is 4.90 Å². The Labute approximate surface area is 102 Å². The second kappa shape index (κ2) is 5.95. The quantitative estimate of drug-likeness (QED) is 0.367. The normalized spacial score (nSPS) is 11.7. The molecule has 0 atom stereocenters. The van der Waals surface area contributed by atoms with Crippen LogP contribution in [0, 0.1) is 0 Å². The molecule has 3 N–H and O–H groups in total. The number of carbonyl (C=O) groups is 1. The van der Waals surface area contributed by atoms with Gasteiger partial charge in [0.2, 0.25) is 0 Å². The highest BCUT2D eigenvalue weighted by Crippen LogP contribution is 2.08. The SMILES string of the molecule is CN(CC(F)F)C(=O)c1ccc(/C(N)=N/O)cc1. The van der Waals surface area contributed by atoms with E-state index in [1.54, 1.807) is 0 Å². The Hall–Kier alpha value is -2.18. The number of alkyl halides is 2. The Balaban J connectivity index is 2.82. The topological polar surface area (TPSA) is 78.9 Å². The van der Waals surface area contributed by atoms with Gasteiger partial charge in [0, 0.05) is 18.2 Å². The summed E-state index contributed by atoms with van der Waals surface area (Å²) in [4.78, 5) is 12.6. The van der Waals surface area contributed by atoms with Crippen LogP contribution in [0.15, 0.2) is 29.4 Å². The van der Waals surface area contributed by atoms with Crippen LogP contribution in [0.1, 0.15) is 15.9 Å². The Bertz CT molecular complexity index is 446. The van der Waals surface area contributed by atoms with Gasteiger partial charge in [-0.3, -0.25) is 4.79 Å². The van der Waals surface area contributed by atoms with Crippen LogP contribution in [0.3, 0.4) is 0 Å². The third kappa shape index (κ3) is 3.41. The van der Waals surface area contributed by atoms with E-state index in [-0.39, 0.29) is 11.4 Å². The number of halogens is 2. The van der Waals surface area contributed by atoms with E-state index in [1.165, 1.54) is 31.3 Å². The second-order valence-electron chi connectivity index (χ2n) is 3.64. The predicted octanol–water partition coefficient (Wildman–Crippen LogP) is 1.12. The van der Waals surface area contributed by atoms with E-state index in [0.29, 0.717) is 5.56 Å². The van der Waals surface area contributed by atoms with Gasteiger partial charge in [-0.15, -0.1) is 0 Å². The smallest absolute Gasteiger partial charge is 0.255 e. The fraction of sp³-hybridized carbons (Fsp3) is 0.273. The van der Waals surface area contributed by atoms with Crippen LogP contribution in [0.25, 0.3) is 0 Å². The molecule has 5 nitrogen and oxygen atoms in total. The molecule has 7 heteroatoms. The van der Waals surface area contributed by atoms with Crippen molar-refractivity contribution < 1.29 is 18.8 Å². The van der Waals surface area contributed by atoms with Gasteiger partial charge in [-0.1, -0.05) is 17.3 Å². The maximum atomic E-state index is 12.1. The lowest BCUT2D eigenvalue weighted by Gasteiger charge is -2.16. The first-order valence-electron chi connectivity index (χ1n) is 5.07. The lowest BCUT2D eigenvalue weighted by molar-refractivity contribution is 0.0620. The van der Waals surface area contributed by atoms with Crippen LogP contribution < -0.4 is 5.73 Å². The maximum Gasteiger partial charge on any atom is 0.255 e. The fourth-order valence-electron chi connectivity index (χ4n) is 1.35. The van der Waals surface area contributed by atoms with Gasteiger partial charge in [-0.25, -0.2) is 8.78 Å². The average molecular weight is 257 g/mol. The summed E-state index contributed by atoms with van der Waals surface area (Å²) in [6.45, 7) is -0.624. The van der Waals surface area contributed by atoms with Gasteiger partial charge in [0.1, 0.15) is 0 Å². The summed E-state index contributed by atoms with van der Waals surface area (Å²) < 4.78 is 24.2. The maximum absolute atomic E-state index is 12.1. The van der Waals surface area contributed by atoms with Crippen LogP contribution in [0.2, 0.25) is 0 Å². The zero-order valence-corrected chi connectivity index (χ0v) is 9.68. The minimum Gasteiger partial charge on any atom is -0.409 e. The van der Waals surface area contributed by atoms with Crippen molar-refractivity contribution in [2.75, 3.05) is 13.6 Å². The minimum atomic E-state index is -2.57. The summed E-state index contributed by atoms with van der Waals surface area (Å²) in [7, 11) is 1.30. The second-order valence-corrected chi connectivity index (χ2v) is 3.64. The fourth-order valence-corrected chi connectivity index (χ4v) is 1.35. The molecule has 1 rings (SSSR count). The molecule has 1 aromatic rings. The van der Waals surface area contributed by atoms with Crippen LogP contribution in [0.5, 0.6) is 0 Å². The molecule has 0 aliphatic carbocycles. The molecule has 0 unspecified atom stereocenters. The van der Waals surface area contributed by atoms with Crippen molar-refractivity contribution in [3.05, 3.63) is 35.4 Å². The third-order valence-electron chi connectivity index (χ3n) is 2.29. The summed E-state index contributed by atoms with van der Waals surface area (Å²) in [5.74, 6) is -0.601. The number of hydrogen-bond acceptors (Lipinski definition) is 3. The molecule has 0 aliphatic heterocycles. The van der Waals surface area contributed by atoms with E-state index in [0.717, 1.165) is 4.90 Å². The standard InChI is InChI=1S/C11H13F2N3O2/c1-16(6-9(12)13)11(17)8-4-2-7(3-5-8)10(14)15-18/h2-5,9,18H,6H2,1H3,(H2,14,15). The zero-order chi connectivity index (χ0) is 13.7. The third-order valence-corrected chi connectivity index (χ3v) is 2.29. The molecule has 0 spiro atoms. The molecule has 98 valence electrons. The van der Waals surface area contributed by atoms with Gasteiger partial charge in [-0.05, 0) is 12.1 Å². The van der Waals surface area contributed by atoms with Crippen molar-refractivity contribution in [2.45, 2.75) is 6.43 Å². The van der Waals surface area contributed by atoms with Crippen molar-refractivity contribution >= 4 is 11.7 Å². The van der Waals surface area contributed by atoms with Crippen molar-refractivity contribution in [3.63, 3.8) is 0 Å². The summed E-state index contributed by atoms with van der Waals surface area (Å²) in [5.41, 5.74) is 6.04. The Kier molecular flexibility index (Phi) is 4.59. The highest BCUT2D eigenvalue weighted by Gasteiger charge is 2.15. The van der Waals surface area contributed by atoms with Gasteiger partial charge in [-0.2, -0.15) is 0 Å². The van der Waals surface area contributed by atoms with Crippen molar-refractivity contribution in [1.29, 1.82) is 0 Å². The van der Waals surface area contributed by atoms with Crippen molar-refractivity contribution in [2.24, 2.45) is 10.9 Å². The van der Waals surface area contributed by atoms with Crippen molar-refractivity contribution in [3.8, 4) is 0 Å². The molecule has 18 heavy (non-hydrogen) atoms. The molecule has 1 aromatic carbocycles. The monoisotopic (exact) mass is 257 g/mol. The number of amides is 1. The average Bonchev–Trinajstić information content (AvgIpc) is 2.36. The first-order valence-corrected chi connectivity index (χ1v) is 5.07. The van der Waals surface area contributed by atoms with E-state index < -0.39 is 18.9 Å². The summed E-state index contributed by atoms with van der Waals surface area (Å²) in [6.07, 6.45) is -2.57. The van der Waals surface area contributed by atoms with E-state index in [4.69, 9.17) is 10.9 Å². The van der Waals surface area contributed by atoms with Gasteiger partial charge >= 0.3 is 0 Å². The summed E-state index contributed by atoms with van der Waals surface area (Å²) >= 11 is 0. The molecule has 0 fully saturated rings. The van der Waals surface area contributed by atoms with Crippen LogP contribution in [-0.4, -0.2) is 41.9 Å². The van der Waals surface area contributed by atoms with Crippen LogP contribution in [0.4, 0.5) is 8.78 Å². The number of nitrogens with zero attached hydrogens (tertiary/aromatic N) is 2. The number of oxime groups is 1. The lowest BCUT2D eigenvalue weighted by Crippen LogP contribution is -2.31. The minimum absolute atomic E-state index is 0.0880. The molecule has 0 radical (unpaired) electrons. The molecule has 0 saturated heterocycles. The number of amidine groups is 1. The highest BCUT2D eigenvalue weighted by molar-refractivity contribution is 5.99. The Morgan fingerprint density at radius 1 is 1.39 bits per heavy atom. The number of carbonyl (C=O) groups excluding carboxylic acids is 1. The van der Waals surface area contributed by atoms with Gasteiger partial charge in [0.25, 0.3) is 12.3 Å². The van der Waals surface area contributed by atoms with Gasteiger partial charge in [0.05, 0.1) is 6.54 Å². The molecule has 0 aromatic heterocycles. The highest BCUT2D eigenvalue weighted by atomic mass is 19.3. The van der Waals surface area contributed by atoms with E-state index in [2.05, 4.69) is 5.16 Å². The lowest BCUT2D eigenvalue weighted by atomic mass is 10.1. The zero-order valence-electron chi connectivity index (χ0n) is 9.68. The summed E-state index contributed by atoms with van der Waals surface area (Å²) in [5, 5.41) is 11.3. The Morgan fingerprint density at radius 2 is 1.89 bits per heavy atom. The molecule has 0 bridgehead atoms. The van der Waals surface area contributed by atoms with Gasteiger partial charge in [0.15, 0.2) is 5.84 Å². The first-order chi connectivity index (χ1) is 8.45. The number of nitrogens with two attached hydrogens (primary N) is 1. The predicted molar refractivity (Wildman–Crippen MR) is 61.9 cm³/mol. The molecule has 0 aliphatic rings.